The molecule has 0 aromatic carbocycles. The highest BCUT2D eigenvalue weighted by atomic mass is 32.1. The minimum Gasteiger partial charge on any atom is -0.333 e. The number of hydrogen-bond donors (Lipinski definition) is 1. The number of nitro groups is 1. The van der Waals surface area contributed by atoms with E-state index in [1.807, 2.05) is 13.8 Å². The van der Waals surface area contributed by atoms with Crippen molar-refractivity contribution in [2.45, 2.75) is 19.9 Å². The molecule has 0 radical (unpaired) electrons. The molecule has 0 saturated heterocycles. The van der Waals surface area contributed by atoms with E-state index in [9.17, 15) is 10.1 Å². The molecule has 0 amide bonds. The summed E-state index contributed by atoms with van der Waals surface area (Å²) in [5.41, 5.74) is 5.89. The quantitative estimate of drug-likeness (QED) is 0.673. The number of nitrogens with zero attached hydrogens (tertiary/aromatic N) is 3. The molecule has 2 aromatic heterocycles. The molecule has 18 heavy (non-hydrogen) atoms. The van der Waals surface area contributed by atoms with Crippen molar-refractivity contribution in [3.63, 3.8) is 0 Å². The van der Waals surface area contributed by atoms with Gasteiger partial charge in [0.25, 0.3) is 5.89 Å². The highest BCUT2D eigenvalue weighted by Gasteiger charge is 2.20. The fourth-order valence-corrected chi connectivity index (χ4v) is 2.05. The van der Waals surface area contributed by atoms with Gasteiger partial charge in [-0.1, -0.05) is 30.3 Å². The van der Waals surface area contributed by atoms with Gasteiger partial charge in [-0.05, 0) is 12.0 Å². The van der Waals surface area contributed by atoms with Crippen LogP contribution in [0, 0.1) is 16.0 Å². The van der Waals surface area contributed by atoms with Gasteiger partial charge in [-0.25, -0.2) is 0 Å². The number of aromatic nitrogens is 2. The smallest absolute Gasteiger partial charge is 0.324 e. The molecule has 0 aliphatic heterocycles. The van der Waals surface area contributed by atoms with E-state index in [-0.39, 0.29) is 22.9 Å². The van der Waals surface area contributed by atoms with E-state index < -0.39 is 4.92 Å². The van der Waals surface area contributed by atoms with Gasteiger partial charge in [-0.2, -0.15) is 4.98 Å². The van der Waals surface area contributed by atoms with Gasteiger partial charge in [0.15, 0.2) is 5.82 Å². The standard InChI is InChI=1S/C10H12N4O3S/c1-5(2)8(11)9-12-10(17-13-9)6-3-4-7(18-6)14(15)16/h3-5,8H,11H2,1-2H3. The lowest BCUT2D eigenvalue weighted by molar-refractivity contribution is -0.380. The van der Waals surface area contributed by atoms with E-state index >= 15 is 0 Å². The molecule has 0 spiro atoms. The molecule has 1 atom stereocenters. The summed E-state index contributed by atoms with van der Waals surface area (Å²) >= 11 is 0.991. The summed E-state index contributed by atoms with van der Waals surface area (Å²) < 4.78 is 5.06. The summed E-state index contributed by atoms with van der Waals surface area (Å²) in [4.78, 5) is 14.9. The first kappa shape index (κ1) is 12.7. The zero-order valence-electron chi connectivity index (χ0n) is 9.86. The molecule has 2 aromatic rings. The summed E-state index contributed by atoms with van der Waals surface area (Å²) in [6.07, 6.45) is 0. The van der Waals surface area contributed by atoms with Crippen molar-refractivity contribution in [2.75, 3.05) is 0 Å². The molecule has 2 heterocycles. The number of hydrogen-bond acceptors (Lipinski definition) is 7. The third kappa shape index (κ3) is 2.39. The van der Waals surface area contributed by atoms with Gasteiger partial charge in [0, 0.05) is 6.07 Å². The van der Waals surface area contributed by atoms with Crippen molar-refractivity contribution < 1.29 is 9.45 Å². The molecular weight excluding hydrogens is 256 g/mol. The average molecular weight is 268 g/mol. The van der Waals surface area contributed by atoms with Gasteiger partial charge < -0.3 is 10.3 Å². The maximum atomic E-state index is 10.6. The third-order valence-electron chi connectivity index (χ3n) is 2.44. The van der Waals surface area contributed by atoms with Crippen LogP contribution in [0.5, 0.6) is 0 Å². The number of rotatable bonds is 4. The maximum absolute atomic E-state index is 10.6. The van der Waals surface area contributed by atoms with Crippen LogP contribution in [0.25, 0.3) is 10.8 Å². The Hall–Kier alpha value is -1.80. The van der Waals surface area contributed by atoms with Crippen LogP contribution in [0.4, 0.5) is 5.00 Å². The normalized spacial score (nSPS) is 12.9. The lowest BCUT2D eigenvalue weighted by Crippen LogP contribution is -2.18. The van der Waals surface area contributed by atoms with Crippen LogP contribution in [-0.2, 0) is 0 Å². The topological polar surface area (TPSA) is 108 Å². The van der Waals surface area contributed by atoms with Crippen molar-refractivity contribution in [3.8, 4) is 10.8 Å². The molecule has 7 nitrogen and oxygen atoms in total. The molecule has 0 bridgehead atoms. The molecule has 1 unspecified atom stereocenters. The van der Waals surface area contributed by atoms with Gasteiger partial charge in [0.2, 0.25) is 0 Å². The Morgan fingerprint density at radius 1 is 1.50 bits per heavy atom. The number of thiophene rings is 1. The zero-order valence-corrected chi connectivity index (χ0v) is 10.7. The largest absolute Gasteiger partial charge is 0.333 e. The van der Waals surface area contributed by atoms with Crippen LogP contribution in [0.2, 0.25) is 0 Å². The molecule has 0 saturated carbocycles. The summed E-state index contributed by atoms with van der Waals surface area (Å²) in [7, 11) is 0. The molecule has 0 aliphatic carbocycles. The SMILES string of the molecule is CC(C)C(N)c1noc(-c2ccc([N+](=O)[O-])s2)n1. The van der Waals surface area contributed by atoms with Gasteiger partial charge in [-0.15, -0.1) is 0 Å². The lowest BCUT2D eigenvalue weighted by Gasteiger charge is -2.09. The summed E-state index contributed by atoms with van der Waals surface area (Å²) in [6.45, 7) is 3.91. The predicted octanol–water partition coefficient (Wildman–Crippen LogP) is 2.36. The van der Waals surface area contributed by atoms with Crippen molar-refractivity contribution in [1.82, 2.24) is 10.1 Å². The first-order valence-corrected chi connectivity index (χ1v) is 6.14. The first-order chi connectivity index (χ1) is 8.49. The van der Waals surface area contributed by atoms with Crippen LogP contribution in [0.15, 0.2) is 16.7 Å². The maximum Gasteiger partial charge on any atom is 0.324 e. The van der Waals surface area contributed by atoms with Crippen molar-refractivity contribution in [3.05, 3.63) is 28.1 Å². The molecule has 0 aliphatic rings. The fraction of sp³-hybridized carbons (Fsp3) is 0.400. The molecule has 0 fully saturated rings. The minimum absolute atomic E-state index is 0.0397. The van der Waals surface area contributed by atoms with Gasteiger partial charge in [0.05, 0.1) is 15.8 Å². The fourth-order valence-electron chi connectivity index (χ4n) is 1.31. The Morgan fingerprint density at radius 2 is 2.22 bits per heavy atom. The van der Waals surface area contributed by atoms with Crippen LogP contribution >= 0.6 is 11.3 Å². The first-order valence-electron chi connectivity index (χ1n) is 5.33. The second kappa shape index (κ2) is 4.83. The van der Waals surface area contributed by atoms with Crippen LogP contribution in [0.3, 0.4) is 0 Å². The molecule has 8 heteroatoms. The Balaban J connectivity index is 2.26. The van der Waals surface area contributed by atoms with E-state index in [2.05, 4.69) is 10.1 Å². The molecule has 2 N–H and O–H groups in total. The van der Waals surface area contributed by atoms with E-state index in [0.29, 0.717) is 10.7 Å². The van der Waals surface area contributed by atoms with Crippen molar-refractivity contribution in [1.29, 1.82) is 0 Å². The summed E-state index contributed by atoms with van der Waals surface area (Å²) in [5, 5.41) is 14.4. The van der Waals surface area contributed by atoms with Crippen LogP contribution < -0.4 is 5.73 Å². The Bertz CT molecular complexity index is 563. The third-order valence-corrected chi connectivity index (χ3v) is 3.47. The Labute approximate surface area is 107 Å². The second-order valence-corrected chi connectivity index (χ2v) is 5.18. The number of nitrogens with two attached hydrogens (primary N) is 1. The van der Waals surface area contributed by atoms with E-state index in [4.69, 9.17) is 10.3 Å². The zero-order chi connectivity index (χ0) is 13.3. The van der Waals surface area contributed by atoms with Crippen LogP contribution in [-0.4, -0.2) is 15.1 Å². The van der Waals surface area contributed by atoms with Crippen LogP contribution in [0.1, 0.15) is 25.7 Å². The minimum atomic E-state index is -0.453. The van der Waals surface area contributed by atoms with Crippen molar-refractivity contribution >= 4 is 16.3 Å². The molecule has 2 rings (SSSR count). The Kier molecular flexibility index (Phi) is 3.39. The monoisotopic (exact) mass is 268 g/mol. The Morgan fingerprint density at radius 3 is 2.78 bits per heavy atom. The average Bonchev–Trinajstić information content (AvgIpc) is 2.96. The highest BCUT2D eigenvalue weighted by molar-refractivity contribution is 7.18. The summed E-state index contributed by atoms with van der Waals surface area (Å²) in [5.74, 6) is 0.864. The van der Waals surface area contributed by atoms with Gasteiger partial charge in [0.1, 0.15) is 0 Å². The van der Waals surface area contributed by atoms with E-state index in [1.54, 1.807) is 6.07 Å². The van der Waals surface area contributed by atoms with Crippen molar-refractivity contribution in [2.24, 2.45) is 11.7 Å². The molecule has 96 valence electrons. The van der Waals surface area contributed by atoms with Gasteiger partial charge in [-0.3, -0.25) is 10.1 Å². The van der Waals surface area contributed by atoms with E-state index in [1.165, 1.54) is 6.07 Å². The predicted molar refractivity (Wildman–Crippen MR) is 66.0 cm³/mol. The second-order valence-electron chi connectivity index (χ2n) is 4.12. The van der Waals surface area contributed by atoms with Gasteiger partial charge >= 0.3 is 5.00 Å². The molecular formula is C10H12N4O3S. The summed E-state index contributed by atoms with van der Waals surface area (Å²) in [6, 6.07) is 2.69. The lowest BCUT2D eigenvalue weighted by atomic mass is 10.1. The van der Waals surface area contributed by atoms with E-state index in [0.717, 1.165) is 11.3 Å². The highest BCUT2D eigenvalue weighted by Crippen LogP contribution is 2.32.